The van der Waals surface area contributed by atoms with Crippen molar-refractivity contribution < 1.29 is 4.79 Å². The molecule has 7 heteroatoms. The summed E-state index contributed by atoms with van der Waals surface area (Å²) in [6.45, 7) is 1.66. The first-order chi connectivity index (χ1) is 10.7. The van der Waals surface area contributed by atoms with Gasteiger partial charge in [-0.05, 0) is 30.6 Å². The summed E-state index contributed by atoms with van der Waals surface area (Å²) in [5.74, 6) is 2.60. The molecule has 0 saturated carbocycles. The van der Waals surface area contributed by atoms with Gasteiger partial charge in [0.2, 0.25) is 5.91 Å². The molecule has 116 valence electrons. The van der Waals surface area contributed by atoms with E-state index < -0.39 is 0 Å². The van der Waals surface area contributed by atoms with E-state index >= 15 is 0 Å². The van der Waals surface area contributed by atoms with E-state index in [0.717, 1.165) is 54.1 Å². The van der Waals surface area contributed by atoms with Crippen LogP contribution in [0.25, 0.3) is 10.2 Å². The van der Waals surface area contributed by atoms with E-state index in [2.05, 4.69) is 9.97 Å². The van der Waals surface area contributed by atoms with Crippen LogP contribution in [0, 0.1) is 0 Å². The van der Waals surface area contributed by atoms with Gasteiger partial charge < -0.3 is 9.88 Å². The number of hydrogen-bond acceptors (Lipinski definition) is 5. The van der Waals surface area contributed by atoms with Crippen molar-refractivity contribution in [3.8, 4) is 0 Å². The summed E-state index contributed by atoms with van der Waals surface area (Å²) >= 11 is 3.51. The monoisotopic (exact) mass is 335 g/mol. The fraction of sp³-hybridized carbons (Fsp3) is 0.533. The van der Waals surface area contributed by atoms with Gasteiger partial charge in [-0.25, -0.2) is 4.98 Å². The Bertz CT molecular complexity index is 790. The second-order valence-corrected chi connectivity index (χ2v) is 7.95. The number of aromatic nitrogens is 2. The predicted molar refractivity (Wildman–Crippen MR) is 89.6 cm³/mol. The third-order valence-electron chi connectivity index (χ3n) is 4.30. The summed E-state index contributed by atoms with van der Waals surface area (Å²) in [5.41, 5.74) is 1.09. The maximum absolute atomic E-state index is 12.4. The second kappa shape index (κ2) is 5.70. The lowest BCUT2D eigenvalue weighted by Crippen LogP contribution is -2.30. The van der Waals surface area contributed by atoms with Gasteiger partial charge in [-0.2, -0.15) is 11.8 Å². The molecule has 0 aliphatic carbocycles. The number of aryl methyl sites for hydroxylation is 1. The standard InChI is InChI=1S/C15H17N3O2S2/c19-12(18-4-1-2-5-18)7-11-16-14(20)13-9-3-6-21-8-10(9)22-15(13)17-11/h1-8H2,(H,16,17,20). The minimum absolute atomic E-state index is 0.0666. The third-order valence-corrected chi connectivity index (χ3v) is 6.59. The molecule has 4 heterocycles. The number of hydrogen-bond donors (Lipinski definition) is 1. The van der Waals surface area contributed by atoms with Crippen LogP contribution in [0.2, 0.25) is 0 Å². The Morgan fingerprint density at radius 3 is 2.95 bits per heavy atom. The summed E-state index contributed by atoms with van der Waals surface area (Å²) in [4.78, 5) is 35.9. The lowest BCUT2D eigenvalue weighted by Gasteiger charge is -2.14. The van der Waals surface area contributed by atoms with E-state index in [-0.39, 0.29) is 17.9 Å². The SMILES string of the molecule is O=C(Cc1nc2sc3c(c2c(=O)[nH]1)CCSC3)N1CCCC1. The highest BCUT2D eigenvalue weighted by molar-refractivity contribution is 7.98. The van der Waals surface area contributed by atoms with Crippen molar-refractivity contribution >= 4 is 39.2 Å². The molecule has 0 spiro atoms. The predicted octanol–water partition coefficient (Wildman–Crippen LogP) is 1.94. The Morgan fingerprint density at radius 1 is 1.32 bits per heavy atom. The molecule has 0 radical (unpaired) electrons. The minimum Gasteiger partial charge on any atom is -0.342 e. The molecule has 2 aliphatic rings. The van der Waals surface area contributed by atoms with Crippen molar-refractivity contribution in [2.45, 2.75) is 31.4 Å². The van der Waals surface area contributed by atoms with Crippen molar-refractivity contribution in [1.82, 2.24) is 14.9 Å². The van der Waals surface area contributed by atoms with Gasteiger partial charge in [0.15, 0.2) is 0 Å². The number of thiophene rings is 1. The minimum atomic E-state index is -0.0846. The quantitative estimate of drug-likeness (QED) is 0.911. The molecule has 0 aromatic carbocycles. The zero-order chi connectivity index (χ0) is 15.1. The number of rotatable bonds is 2. The van der Waals surface area contributed by atoms with Gasteiger partial charge in [-0.3, -0.25) is 9.59 Å². The number of fused-ring (bicyclic) bond motifs is 3. The highest BCUT2D eigenvalue weighted by atomic mass is 32.2. The van der Waals surface area contributed by atoms with Gasteiger partial charge >= 0.3 is 0 Å². The maximum atomic E-state index is 12.4. The second-order valence-electron chi connectivity index (χ2n) is 5.76. The van der Waals surface area contributed by atoms with Crippen LogP contribution in [0.5, 0.6) is 0 Å². The molecule has 0 bridgehead atoms. The van der Waals surface area contributed by atoms with Crippen LogP contribution >= 0.6 is 23.1 Å². The Hall–Kier alpha value is -1.34. The van der Waals surface area contributed by atoms with Gasteiger partial charge in [0.05, 0.1) is 11.8 Å². The zero-order valence-corrected chi connectivity index (χ0v) is 13.8. The maximum Gasteiger partial charge on any atom is 0.259 e. The molecule has 22 heavy (non-hydrogen) atoms. The van der Waals surface area contributed by atoms with Gasteiger partial charge in [-0.1, -0.05) is 0 Å². The van der Waals surface area contributed by atoms with Crippen molar-refractivity contribution in [3.63, 3.8) is 0 Å². The van der Waals surface area contributed by atoms with Gasteiger partial charge in [0.1, 0.15) is 10.7 Å². The van der Waals surface area contributed by atoms with E-state index in [4.69, 9.17) is 0 Å². The molecule has 5 nitrogen and oxygen atoms in total. The van der Waals surface area contributed by atoms with Crippen molar-refractivity contribution in [3.05, 3.63) is 26.6 Å². The van der Waals surface area contributed by atoms with Crippen molar-refractivity contribution in [1.29, 1.82) is 0 Å². The van der Waals surface area contributed by atoms with E-state index in [1.165, 1.54) is 10.4 Å². The molecular weight excluding hydrogens is 318 g/mol. The summed E-state index contributed by atoms with van der Waals surface area (Å²) in [6.07, 6.45) is 3.29. The molecule has 1 N–H and O–H groups in total. The largest absolute Gasteiger partial charge is 0.342 e. The first-order valence-electron chi connectivity index (χ1n) is 7.61. The average molecular weight is 335 g/mol. The topological polar surface area (TPSA) is 66.1 Å². The Labute approximate surface area is 136 Å². The molecule has 0 unspecified atom stereocenters. The number of thioether (sulfide) groups is 1. The first-order valence-corrected chi connectivity index (χ1v) is 9.58. The van der Waals surface area contributed by atoms with Gasteiger partial charge in [-0.15, -0.1) is 11.3 Å². The van der Waals surface area contributed by atoms with Gasteiger partial charge in [0, 0.05) is 23.7 Å². The number of amides is 1. The Kier molecular flexibility index (Phi) is 3.69. The summed E-state index contributed by atoms with van der Waals surface area (Å²) in [5, 5.41) is 0.748. The molecule has 4 rings (SSSR count). The van der Waals surface area contributed by atoms with Crippen LogP contribution in [0.3, 0.4) is 0 Å². The zero-order valence-electron chi connectivity index (χ0n) is 12.2. The van der Waals surface area contributed by atoms with Crippen LogP contribution in [-0.4, -0.2) is 39.6 Å². The molecule has 2 aromatic heterocycles. The summed E-state index contributed by atoms with van der Waals surface area (Å²) in [7, 11) is 0. The Morgan fingerprint density at radius 2 is 2.14 bits per heavy atom. The summed E-state index contributed by atoms with van der Waals surface area (Å²) < 4.78 is 0. The lowest BCUT2D eigenvalue weighted by atomic mass is 10.1. The molecule has 2 aliphatic heterocycles. The smallest absolute Gasteiger partial charge is 0.259 e. The first kappa shape index (κ1) is 14.3. The molecular formula is C15H17N3O2S2. The van der Waals surface area contributed by atoms with Crippen LogP contribution in [0.15, 0.2) is 4.79 Å². The average Bonchev–Trinajstić information content (AvgIpc) is 3.14. The normalized spacial score (nSPS) is 17.9. The highest BCUT2D eigenvalue weighted by Gasteiger charge is 2.22. The van der Waals surface area contributed by atoms with E-state index in [0.29, 0.717) is 5.82 Å². The fourth-order valence-electron chi connectivity index (χ4n) is 3.18. The van der Waals surface area contributed by atoms with E-state index in [1.807, 2.05) is 16.7 Å². The number of carbonyl (C=O) groups is 1. The number of aromatic amines is 1. The number of nitrogens with one attached hydrogen (secondary N) is 1. The molecule has 1 amide bonds. The van der Waals surface area contributed by atoms with E-state index in [1.54, 1.807) is 11.3 Å². The van der Waals surface area contributed by atoms with Crippen LogP contribution in [0.4, 0.5) is 0 Å². The molecule has 1 saturated heterocycles. The molecule has 0 atom stereocenters. The lowest BCUT2D eigenvalue weighted by molar-refractivity contribution is -0.129. The Balaban J connectivity index is 1.68. The number of H-pyrrole nitrogens is 1. The summed E-state index contributed by atoms with van der Waals surface area (Å²) in [6, 6.07) is 0. The third kappa shape index (κ3) is 2.46. The van der Waals surface area contributed by atoms with Crippen molar-refractivity contribution in [2.75, 3.05) is 18.8 Å². The fourth-order valence-corrected chi connectivity index (χ4v) is 5.55. The highest BCUT2D eigenvalue weighted by Crippen LogP contribution is 2.35. The number of nitrogens with zero attached hydrogens (tertiary/aromatic N) is 2. The number of carbonyl (C=O) groups excluding carboxylic acids is 1. The van der Waals surface area contributed by atoms with Crippen LogP contribution in [0.1, 0.15) is 29.1 Å². The molecule has 1 fully saturated rings. The molecule has 2 aromatic rings. The number of likely N-dealkylation sites (tertiary alicyclic amines) is 1. The van der Waals surface area contributed by atoms with Crippen LogP contribution in [-0.2, 0) is 23.4 Å². The van der Waals surface area contributed by atoms with Gasteiger partial charge in [0.25, 0.3) is 5.56 Å². The van der Waals surface area contributed by atoms with Crippen LogP contribution < -0.4 is 5.56 Å². The van der Waals surface area contributed by atoms with E-state index in [9.17, 15) is 9.59 Å². The van der Waals surface area contributed by atoms with Crippen molar-refractivity contribution in [2.24, 2.45) is 0 Å².